The van der Waals surface area contributed by atoms with E-state index in [9.17, 15) is 4.79 Å². The quantitative estimate of drug-likeness (QED) is 0.745. The van der Waals surface area contributed by atoms with Crippen LogP contribution in [0.5, 0.6) is 0 Å². The van der Waals surface area contributed by atoms with E-state index in [0.717, 1.165) is 19.5 Å². The fraction of sp³-hybridized carbons (Fsp3) is 0. The number of carboxylic acid groups (broad SMARTS) is 1. The third kappa shape index (κ3) is 1.36. The second-order valence-corrected chi connectivity index (χ2v) is 5.43. The first kappa shape index (κ1) is 9.86. The van der Waals surface area contributed by atoms with Gasteiger partial charge in [0, 0.05) is 10.7 Å². The summed E-state index contributed by atoms with van der Waals surface area (Å²) in [4.78, 5) is 11.9. The third-order valence-corrected chi connectivity index (χ3v) is 3.94. The minimum absolute atomic E-state index is 0.330. The molecule has 16 heavy (non-hydrogen) atoms. The van der Waals surface area contributed by atoms with Gasteiger partial charge in [-0.2, -0.15) is 0 Å². The molecule has 0 fully saturated rings. The van der Waals surface area contributed by atoms with Crippen LogP contribution in [-0.4, -0.2) is 15.5 Å². The summed E-state index contributed by atoms with van der Waals surface area (Å²) in [5.41, 5.74) is 1.37. The number of nitrogens with zero attached hydrogens (tertiary/aromatic N) is 1. The fourth-order valence-corrected chi connectivity index (χ4v) is 3.41. The highest BCUT2D eigenvalue weighted by molar-refractivity contribution is 9.10. The summed E-state index contributed by atoms with van der Waals surface area (Å²) in [6.45, 7) is 0. The normalized spacial score (nSPS) is 11.3. The van der Waals surface area contributed by atoms with Crippen LogP contribution in [0.4, 0.5) is 0 Å². The molecular formula is C11H6BrNO2S. The van der Waals surface area contributed by atoms with Gasteiger partial charge in [0.15, 0.2) is 0 Å². The largest absolute Gasteiger partial charge is 0.478 e. The molecule has 0 unspecified atom stereocenters. The summed E-state index contributed by atoms with van der Waals surface area (Å²) in [6.07, 6.45) is 1.98. The Balaban J connectivity index is 2.37. The van der Waals surface area contributed by atoms with Gasteiger partial charge < -0.3 is 9.51 Å². The molecule has 0 saturated heterocycles. The SMILES string of the molecule is O=C(O)c1ccc2c(c1)sc1cc(Br)cn12. The molecule has 1 N–H and O–H groups in total. The summed E-state index contributed by atoms with van der Waals surface area (Å²) < 4.78 is 4.07. The maximum absolute atomic E-state index is 10.8. The average Bonchev–Trinajstić information content (AvgIpc) is 2.72. The van der Waals surface area contributed by atoms with E-state index in [2.05, 4.69) is 20.3 Å². The smallest absolute Gasteiger partial charge is 0.335 e. The summed E-state index contributed by atoms with van der Waals surface area (Å²) in [5, 5.41) is 8.90. The summed E-state index contributed by atoms with van der Waals surface area (Å²) in [6, 6.07) is 7.20. The molecule has 3 aromatic rings. The molecule has 3 rings (SSSR count). The van der Waals surface area contributed by atoms with E-state index >= 15 is 0 Å². The molecule has 0 aliphatic rings. The van der Waals surface area contributed by atoms with Crippen LogP contribution in [0.25, 0.3) is 15.0 Å². The lowest BCUT2D eigenvalue weighted by Crippen LogP contribution is -1.94. The van der Waals surface area contributed by atoms with Crippen LogP contribution in [0, 0.1) is 0 Å². The Labute approximate surface area is 103 Å². The number of carboxylic acids is 1. The molecule has 80 valence electrons. The van der Waals surface area contributed by atoms with Crippen molar-refractivity contribution < 1.29 is 9.90 Å². The van der Waals surface area contributed by atoms with Gasteiger partial charge in [-0.05, 0) is 40.2 Å². The van der Waals surface area contributed by atoms with Gasteiger partial charge in [-0.3, -0.25) is 0 Å². The van der Waals surface area contributed by atoms with Crippen molar-refractivity contribution in [2.24, 2.45) is 0 Å². The van der Waals surface area contributed by atoms with Crippen molar-refractivity contribution in [2.75, 3.05) is 0 Å². The van der Waals surface area contributed by atoms with Crippen molar-refractivity contribution in [1.29, 1.82) is 0 Å². The first-order chi connectivity index (χ1) is 7.65. The van der Waals surface area contributed by atoms with Gasteiger partial charge in [-0.25, -0.2) is 4.79 Å². The minimum atomic E-state index is -0.888. The molecule has 0 radical (unpaired) electrons. The van der Waals surface area contributed by atoms with E-state index in [4.69, 9.17) is 5.11 Å². The van der Waals surface area contributed by atoms with Crippen LogP contribution >= 0.6 is 27.3 Å². The number of carbonyl (C=O) groups is 1. The van der Waals surface area contributed by atoms with Crippen molar-refractivity contribution in [1.82, 2.24) is 4.40 Å². The number of hydrogen-bond donors (Lipinski definition) is 1. The lowest BCUT2D eigenvalue weighted by molar-refractivity contribution is 0.0697. The van der Waals surface area contributed by atoms with Gasteiger partial charge >= 0.3 is 5.97 Å². The van der Waals surface area contributed by atoms with Crippen molar-refractivity contribution in [3.8, 4) is 0 Å². The van der Waals surface area contributed by atoms with Crippen LogP contribution in [-0.2, 0) is 0 Å². The number of fused-ring (bicyclic) bond motifs is 3. The number of hydrogen-bond acceptors (Lipinski definition) is 2. The fourth-order valence-electron chi connectivity index (χ4n) is 1.72. The molecule has 2 aromatic heterocycles. The average molecular weight is 296 g/mol. The highest BCUT2D eigenvalue weighted by Gasteiger charge is 2.09. The number of aromatic carboxylic acids is 1. The molecular weight excluding hydrogens is 290 g/mol. The van der Waals surface area contributed by atoms with Crippen LogP contribution in [0.2, 0.25) is 0 Å². The molecule has 1 aromatic carbocycles. The van der Waals surface area contributed by atoms with Gasteiger partial charge in [-0.1, -0.05) is 0 Å². The first-order valence-electron chi connectivity index (χ1n) is 4.58. The van der Waals surface area contributed by atoms with Crippen LogP contribution < -0.4 is 0 Å². The zero-order valence-electron chi connectivity index (χ0n) is 7.98. The monoisotopic (exact) mass is 295 g/mol. The molecule has 5 heteroatoms. The second kappa shape index (κ2) is 3.33. The molecule has 0 aliphatic heterocycles. The third-order valence-electron chi connectivity index (χ3n) is 2.43. The van der Waals surface area contributed by atoms with Crippen molar-refractivity contribution in [2.45, 2.75) is 0 Å². The minimum Gasteiger partial charge on any atom is -0.478 e. The van der Waals surface area contributed by atoms with Gasteiger partial charge in [0.1, 0.15) is 4.83 Å². The van der Waals surface area contributed by atoms with Crippen LogP contribution in [0.15, 0.2) is 34.9 Å². The van der Waals surface area contributed by atoms with Crippen LogP contribution in [0.3, 0.4) is 0 Å². The maximum atomic E-state index is 10.8. The molecule has 0 amide bonds. The van der Waals surface area contributed by atoms with Gasteiger partial charge in [0.25, 0.3) is 0 Å². The highest BCUT2D eigenvalue weighted by atomic mass is 79.9. The topological polar surface area (TPSA) is 41.7 Å². The van der Waals surface area contributed by atoms with Crippen LogP contribution in [0.1, 0.15) is 10.4 Å². The Morgan fingerprint density at radius 2 is 2.19 bits per heavy atom. The molecule has 3 nitrogen and oxygen atoms in total. The Morgan fingerprint density at radius 1 is 1.38 bits per heavy atom. The number of thiazole rings is 1. The predicted molar refractivity (Wildman–Crippen MR) is 67.4 cm³/mol. The lowest BCUT2D eigenvalue weighted by Gasteiger charge is -1.94. The lowest BCUT2D eigenvalue weighted by atomic mass is 10.2. The molecule has 0 atom stereocenters. The zero-order chi connectivity index (χ0) is 11.3. The zero-order valence-corrected chi connectivity index (χ0v) is 10.4. The van der Waals surface area contributed by atoms with E-state index in [0.29, 0.717) is 5.56 Å². The van der Waals surface area contributed by atoms with Crippen molar-refractivity contribution in [3.05, 3.63) is 40.5 Å². The van der Waals surface area contributed by atoms with E-state index in [1.54, 1.807) is 23.5 Å². The van der Waals surface area contributed by atoms with Gasteiger partial charge in [0.2, 0.25) is 0 Å². The molecule has 0 saturated carbocycles. The number of halogens is 1. The number of benzene rings is 1. The Hall–Kier alpha value is -1.33. The van der Waals surface area contributed by atoms with E-state index < -0.39 is 5.97 Å². The Bertz CT molecular complexity index is 713. The second-order valence-electron chi connectivity index (χ2n) is 3.46. The Morgan fingerprint density at radius 3 is 2.94 bits per heavy atom. The number of rotatable bonds is 1. The van der Waals surface area contributed by atoms with Gasteiger partial charge in [0.05, 0.1) is 15.8 Å². The first-order valence-corrected chi connectivity index (χ1v) is 6.19. The Kier molecular flexibility index (Phi) is 2.05. The maximum Gasteiger partial charge on any atom is 0.335 e. The van der Waals surface area contributed by atoms with E-state index in [1.807, 2.05) is 18.3 Å². The van der Waals surface area contributed by atoms with Crippen molar-refractivity contribution >= 4 is 48.3 Å². The standard InChI is InChI=1S/C11H6BrNO2S/c12-7-4-10-13(5-7)8-2-1-6(11(14)15)3-9(8)16-10/h1-5H,(H,14,15). The summed E-state index contributed by atoms with van der Waals surface area (Å²) >= 11 is 5.00. The summed E-state index contributed by atoms with van der Waals surface area (Å²) in [7, 11) is 0. The summed E-state index contributed by atoms with van der Waals surface area (Å²) in [5.74, 6) is -0.888. The highest BCUT2D eigenvalue weighted by Crippen LogP contribution is 2.30. The number of aromatic nitrogens is 1. The molecule has 0 aliphatic carbocycles. The molecule has 0 spiro atoms. The van der Waals surface area contributed by atoms with E-state index in [1.165, 1.54) is 0 Å². The van der Waals surface area contributed by atoms with Gasteiger partial charge in [-0.15, -0.1) is 11.3 Å². The molecule has 2 heterocycles. The molecule has 0 bridgehead atoms. The van der Waals surface area contributed by atoms with Crippen molar-refractivity contribution in [3.63, 3.8) is 0 Å². The van der Waals surface area contributed by atoms with E-state index in [-0.39, 0.29) is 0 Å². The predicted octanol–water partition coefficient (Wildman–Crippen LogP) is 3.61.